The summed E-state index contributed by atoms with van der Waals surface area (Å²) in [6, 6.07) is 4.51. The summed E-state index contributed by atoms with van der Waals surface area (Å²) in [6.45, 7) is 1.58. The number of carboxylic acid groups (broad SMARTS) is 1. The molecule has 0 aromatic heterocycles. The summed E-state index contributed by atoms with van der Waals surface area (Å²) in [5.41, 5.74) is 0.337. The third-order valence-electron chi connectivity index (χ3n) is 2.22. The number of carboxylic acids is 1. The molecule has 2 atom stereocenters. The van der Waals surface area contributed by atoms with E-state index in [0.29, 0.717) is 10.0 Å². The molecule has 1 aromatic carbocycles. The maximum atomic E-state index is 13.5. The van der Waals surface area contributed by atoms with Gasteiger partial charge in [-0.05, 0) is 12.1 Å². The van der Waals surface area contributed by atoms with Crippen LogP contribution in [0.15, 0.2) is 22.7 Å². The van der Waals surface area contributed by atoms with Crippen LogP contribution in [-0.2, 0) is 21.3 Å². The first kappa shape index (κ1) is 14.3. The van der Waals surface area contributed by atoms with Gasteiger partial charge in [0.15, 0.2) is 0 Å². The van der Waals surface area contributed by atoms with Crippen LogP contribution in [0.1, 0.15) is 18.9 Å². The Hall–Kier alpha value is -0.750. The molecule has 1 N–H and O–H groups in total. The molecule has 0 spiro atoms. The van der Waals surface area contributed by atoms with Gasteiger partial charge in [0.2, 0.25) is 0 Å². The van der Waals surface area contributed by atoms with Crippen molar-refractivity contribution in [1.82, 2.24) is 0 Å². The average Bonchev–Trinajstić information content (AvgIpc) is 2.21. The van der Waals surface area contributed by atoms with E-state index in [1.807, 2.05) is 0 Å². The van der Waals surface area contributed by atoms with Crippen molar-refractivity contribution in [1.29, 1.82) is 0 Å². The molecule has 0 saturated heterocycles. The molecule has 6 heteroatoms. The first-order valence-corrected chi connectivity index (χ1v) is 7.10. The van der Waals surface area contributed by atoms with Crippen LogP contribution in [0, 0.1) is 5.82 Å². The van der Waals surface area contributed by atoms with Crippen LogP contribution in [0.5, 0.6) is 0 Å². The maximum absolute atomic E-state index is 13.5. The van der Waals surface area contributed by atoms with Crippen LogP contribution in [0.25, 0.3) is 0 Å². The van der Waals surface area contributed by atoms with E-state index in [1.165, 1.54) is 6.07 Å². The fraction of sp³-hybridized carbons (Fsp3) is 0.364. The Morgan fingerprint density at radius 1 is 1.59 bits per heavy atom. The molecule has 0 aliphatic heterocycles. The molecule has 0 bridgehead atoms. The molecule has 1 rings (SSSR count). The fourth-order valence-electron chi connectivity index (χ4n) is 1.27. The second-order valence-corrected chi connectivity index (χ2v) is 6.44. The van der Waals surface area contributed by atoms with Gasteiger partial charge in [-0.2, -0.15) is 0 Å². The lowest BCUT2D eigenvalue weighted by Gasteiger charge is -2.09. The third kappa shape index (κ3) is 4.55. The van der Waals surface area contributed by atoms with Crippen molar-refractivity contribution < 1.29 is 18.5 Å². The number of aliphatic carboxylic acids is 1. The minimum absolute atomic E-state index is 0.0353. The molecule has 0 amide bonds. The highest BCUT2D eigenvalue weighted by molar-refractivity contribution is 9.10. The highest BCUT2D eigenvalue weighted by Gasteiger charge is 2.16. The van der Waals surface area contributed by atoms with Crippen molar-refractivity contribution in [3.63, 3.8) is 0 Å². The van der Waals surface area contributed by atoms with Gasteiger partial charge in [-0.15, -0.1) is 0 Å². The number of halogens is 2. The van der Waals surface area contributed by atoms with E-state index >= 15 is 0 Å². The summed E-state index contributed by atoms with van der Waals surface area (Å²) >= 11 is 3.13. The van der Waals surface area contributed by atoms with E-state index in [9.17, 15) is 13.4 Å². The molecule has 2 unspecified atom stereocenters. The highest BCUT2D eigenvalue weighted by atomic mass is 79.9. The monoisotopic (exact) mass is 322 g/mol. The highest BCUT2D eigenvalue weighted by Crippen LogP contribution is 2.18. The van der Waals surface area contributed by atoms with E-state index in [0.717, 1.165) is 0 Å². The molecule has 0 aliphatic carbocycles. The zero-order valence-corrected chi connectivity index (χ0v) is 11.6. The summed E-state index contributed by atoms with van der Waals surface area (Å²) in [4.78, 5) is 10.5. The molecule has 1 aromatic rings. The molecule has 17 heavy (non-hydrogen) atoms. The van der Waals surface area contributed by atoms with Crippen molar-refractivity contribution in [2.75, 3.05) is 0 Å². The Balaban J connectivity index is 2.71. The second-order valence-electron chi connectivity index (χ2n) is 3.67. The minimum atomic E-state index is -1.39. The number of benzene rings is 1. The lowest BCUT2D eigenvalue weighted by molar-refractivity contribution is -0.136. The lowest BCUT2D eigenvalue weighted by Crippen LogP contribution is -2.17. The lowest BCUT2D eigenvalue weighted by atomic mass is 10.2. The Morgan fingerprint density at radius 3 is 2.76 bits per heavy atom. The quantitative estimate of drug-likeness (QED) is 0.906. The van der Waals surface area contributed by atoms with Gasteiger partial charge in [-0.1, -0.05) is 28.9 Å². The van der Waals surface area contributed by atoms with E-state index < -0.39 is 27.8 Å². The largest absolute Gasteiger partial charge is 0.481 e. The third-order valence-corrected chi connectivity index (χ3v) is 4.38. The van der Waals surface area contributed by atoms with E-state index in [1.54, 1.807) is 19.1 Å². The van der Waals surface area contributed by atoms with Gasteiger partial charge in [0.25, 0.3) is 0 Å². The standard InChI is InChI=1S/C11H12BrFO3S/c1-7(4-11(14)15)17(16)6-8-2-3-9(12)5-10(8)13/h2-3,5,7H,4,6H2,1H3,(H,14,15). The summed E-state index contributed by atoms with van der Waals surface area (Å²) in [7, 11) is -1.39. The van der Waals surface area contributed by atoms with E-state index in [-0.39, 0.29) is 12.2 Å². The fourth-order valence-corrected chi connectivity index (χ4v) is 2.76. The minimum Gasteiger partial charge on any atom is -0.481 e. The number of hydrogen-bond acceptors (Lipinski definition) is 2. The van der Waals surface area contributed by atoms with Crippen molar-refractivity contribution >= 4 is 32.7 Å². The normalized spacial score (nSPS) is 14.3. The number of carbonyl (C=O) groups is 1. The van der Waals surface area contributed by atoms with Crippen molar-refractivity contribution in [3.05, 3.63) is 34.1 Å². The number of rotatable bonds is 5. The molecule has 0 heterocycles. The molecular formula is C11H12BrFO3S. The maximum Gasteiger partial charge on any atom is 0.304 e. The molecule has 0 aliphatic rings. The molecule has 3 nitrogen and oxygen atoms in total. The van der Waals surface area contributed by atoms with Crippen LogP contribution < -0.4 is 0 Å². The smallest absolute Gasteiger partial charge is 0.304 e. The summed E-state index contributed by atoms with van der Waals surface area (Å²) in [5.74, 6) is -1.40. The summed E-state index contributed by atoms with van der Waals surface area (Å²) in [6.07, 6.45) is -0.176. The predicted octanol–water partition coefficient (Wildman–Crippen LogP) is 2.70. The topological polar surface area (TPSA) is 54.4 Å². The van der Waals surface area contributed by atoms with Gasteiger partial charge < -0.3 is 5.11 Å². The van der Waals surface area contributed by atoms with Crippen LogP contribution in [0.2, 0.25) is 0 Å². The Kier molecular flexibility index (Phi) is 5.27. The molecular weight excluding hydrogens is 311 g/mol. The number of hydrogen-bond donors (Lipinski definition) is 1. The van der Waals surface area contributed by atoms with Gasteiger partial charge >= 0.3 is 5.97 Å². The predicted molar refractivity (Wildman–Crippen MR) is 67.7 cm³/mol. The van der Waals surface area contributed by atoms with Crippen molar-refractivity contribution in [2.45, 2.75) is 24.3 Å². The van der Waals surface area contributed by atoms with Gasteiger partial charge in [-0.25, -0.2) is 4.39 Å². The second kappa shape index (κ2) is 6.26. The van der Waals surface area contributed by atoms with Gasteiger partial charge in [0, 0.05) is 26.1 Å². The first-order chi connectivity index (χ1) is 7.90. The van der Waals surface area contributed by atoms with Crippen LogP contribution in [0.4, 0.5) is 4.39 Å². The van der Waals surface area contributed by atoms with E-state index in [2.05, 4.69) is 15.9 Å². The van der Waals surface area contributed by atoms with Crippen LogP contribution in [0.3, 0.4) is 0 Å². The molecule has 0 fully saturated rings. The SMILES string of the molecule is CC(CC(=O)O)S(=O)Cc1ccc(Br)cc1F. The zero-order valence-electron chi connectivity index (χ0n) is 9.15. The van der Waals surface area contributed by atoms with Crippen molar-refractivity contribution in [3.8, 4) is 0 Å². The zero-order chi connectivity index (χ0) is 13.0. The van der Waals surface area contributed by atoms with Gasteiger partial charge in [-0.3, -0.25) is 9.00 Å². The van der Waals surface area contributed by atoms with Crippen LogP contribution >= 0.6 is 15.9 Å². The van der Waals surface area contributed by atoms with Gasteiger partial charge in [0.05, 0.1) is 12.2 Å². The first-order valence-electron chi connectivity index (χ1n) is 4.93. The Morgan fingerprint density at radius 2 is 2.24 bits per heavy atom. The summed E-state index contributed by atoms with van der Waals surface area (Å²) in [5, 5.41) is 8.08. The molecule has 0 radical (unpaired) electrons. The van der Waals surface area contributed by atoms with Crippen LogP contribution in [-0.4, -0.2) is 20.5 Å². The Bertz CT molecular complexity index is 450. The summed E-state index contributed by atoms with van der Waals surface area (Å²) < 4.78 is 25.8. The van der Waals surface area contributed by atoms with Crippen molar-refractivity contribution in [2.24, 2.45) is 0 Å². The molecule has 0 saturated carbocycles. The molecule has 94 valence electrons. The van der Waals surface area contributed by atoms with E-state index in [4.69, 9.17) is 5.11 Å². The Labute approximate surface area is 110 Å². The average molecular weight is 323 g/mol. The van der Waals surface area contributed by atoms with Gasteiger partial charge in [0.1, 0.15) is 5.82 Å².